The third kappa shape index (κ3) is 2.74. The SMILES string of the molecule is CCOc1ccc2c(c1)[C@H](C)CC(C)(C)N2CC(=O)O. The summed E-state index contributed by atoms with van der Waals surface area (Å²) >= 11 is 0. The van der Waals surface area contributed by atoms with Gasteiger partial charge in [-0.05, 0) is 56.9 Å². The molecule has 0 aromatic heterocycles. The molecule has 1 atom stereocenters. The lowest BCUT2D eigenvalue weighted by Gasteiger charge is -2.46. The fraction of sp³-hybridized carbons (Fsp3) is 0.562. The fourth-order valence-corrected chi connectivity index (χ4v) is 3.16. The number of ether oxygens (including phenoxy) is 1. The van der Waals surface area contributed by atoms with Crippen LogP contribution in [0.25, 0.3) is 0 Å². The van der Waals surface area contributed by atoms with Gasteiger partial charge in [-0.3, -0.25) is 4.79 Å². The number of carboxylic acids is 1. The molecule has 0 saturated heterocycles. The van der Waals surface area contributed by atoms with Crippen LogP contribution < -0.4 is 9.64 Å². The van der Waals surface area contributed by atoms with Crippen LogP contribution in [-0.4, -0.2) is 29.8 Å². The van der Waals surface area contributed by atoms with E-state index >= 15 is 0 Å². The molecule has 1 aliphatic heterocycles. The van der Waals surface area contributed by atoms with E-state index in [0.29, 0.717) is 12.5 Å². The molecular weight excluding hydrogens is 254 g/mol. The maximum absolute atomic E-state index is 11.1. The second-order valence-corrected chi connectivity index (χ2v) is 6.05. The summed E-state index contributed by atoms with van der Waals surface area (Å²) in [6, 6.07) is 5.96. The summed E-state index contributed by atoms with van der Waals surface area (Å²) in [5, 5.41) is 9.16. The predicted molar refractivity (Wildman–Crippen MR) is 79.7 cm³/mol. The smallest absolute Gasteiger partial charge is 0.323 e. The van der Waals surface area contributed by atoms with Crippen LogP contribution in [0.4, 0.5) is 5.69 Å². The number of carboxylic acid groups (broad SMARTS) is 1. The lowest BCUT2D eigenvalue weighted by Crippen LogP contribution is -2.50. The molecule has 0 fully saturated rings. The van der Waals surface area contributed by atoms with Crippen LogP contribution in [0.15, 0.2) is 18.2 Å². The van der Waals surface area contributed by atoms with Crippen molar-refractivity contribution in [3.63, 3.8) is 0 Å². The molecule has 1 N–H and O–H groups in total. The van der Waals surface area contributed by atoms with Gasteiger partial charge in [-0.15, -0.1) is 0 Å². The number of benzene rings is 1. The van der Waals surface area contributed by atoms with E-state index in [4.69, 9.17) is 9.84 Å². The first-order chi connectivity index (χ1) is 9.35. The van der Waals surface area contributed by atoms with Gasteiger partial charge in [0.15, 0.2) is 0 Å². The van der Waals surface area contributed by atoms with Crippen LogP contribution in [0.5, 0.6) is 5.75 Å². The summed E-state index contributed by atoms with van der Waals surface area (Å²) in [5.41, 5.74) is 2.04. The largest absolute Gasteiger partial charge is 0.494 e. The zero-order valence-corrected chi connectivity index (χ0v) is 12.6. The van der Waals surface area contributed by atoms with Gasteiger partial charge in [0, 0.05) is 11.2 Å². The molecule has 0 saturated carbocycles. The van der Waals surface area contributed by atoms with Crippen molar-refractivity contribution in [1.29, 1.82) is 0 Å². The van der Waals surface area contributed by atoms with Gasteiger partial charge >= 0.3 is 5.97 Å². The van der Waals surface area contributed by atoms with E-state index in [1.54, 1.807) is 0 Å². The molecule has 0 aliphatic carbocycles. The van der Waals surface area contributed by atoms with E-state index in [1.807, 2.05) is 30.0 Å². The molecule has 110 valence electrons. The Morgan fingerprint density at radius 2 is 2.20 bits per heavy atom. The molecule has 0 amide bonds. The number of nitrogens with zero attached hydrogens (tertiary/aromatic N) is 1. The molecule has 4 heteroatoms. The van der Waals surface area contributed by atoms with Crippen molar-refractivity contribution in [2.24, 2.45) is 0 Å². The zero-order valence-electron chi connectivity index (χ0n) is 12.6. The molecule has 1 aromatic rings. The van der Waals surface area contributed by atoms with Crippen LogP contribution in [-0.2, 0) is 4.79 Å². The number of aliphatic carboxylic acids is 1. The van der Waals surface area contributed by atoms with E-state index in [9.17, 15) is 4.79 Å². The Bertz CT molecular complexity index is 510. The number of carbonyl (C=O) groups is 1. The lowest BCUT2D eigenvalue weighted by molar-refractivity contribution is -0.135. The van der Waals surface area contributed by atoms with Gasteiger partial charge in [-0.25, -0.2) is 0 Å². The number of anilines is 1. The first-order valence-electron chi connectivity index (χ1n) is 7.11. The highest BCUT2D eigenvalue weighted by Crippen LogP contribution is 2.44. The van der Waals surface area contributed by atoms with Crippen LogP contribution in [0.2, 0.25) is 0 Å². The van der Waals surface area contributed by atoms with Gasteiger partial charge in [0.1, 0.15) is 12.3 Å². The van der Waals surface area contributed by atoms with Crippen LogP contribution >= 0.6 is 0 Å². The molecule has 1 aromatic carbocycles. The third-order valence-electron chi connectivity index (χ3n) is 3.96. The standard InChI is InChI=1S/C16H23NO3/c1-5-20-12-6-7-14-13(8-12)11(2)9-16(3,4)17(14)10-15(18)19/h6-8,11H,5,9-10H2,1-4H3,(H,18,19)/t11-/m1/s1. The topological polar surface area (TPSA) is 49.8 Å². The summed E-state index contributed by atoms with van der Waals surface area (Å²) in [6.07, 6.45) is 0.933. The number of hydrogen-bond donors (Lipinski definition) is 1. The molecular formula is C16H23NO3. The maximum Gasteiger partial charge on any atom is 0.323 e. The van der Waals surface area contributed by atoms with E-state index < -0.39 is 5.97 Å². The fourth-order valence-electron chi connectivity index (χ4n) is 3.16. The van der Waals surface area contributed by atoms with Crippen LogP contribution in [0.3, 0.4) is 0 Å². The first-order valence-corrected chi connectivity index (χ1v) is 7.11. The van der Waals surface area contributed by atoms with Crippen LogP contribution in [0.1, 0.15) is 45.6 Å². The lowest BCUT2D eigenvalue weighted by atomic mass is 9.80. The Kier molecular flexibility index (Phi) is 3.93. The van der Waals surface area contributed by atoms with Gasteiger partial charge in [-0.2, -0.15) is 0 Å². The second kappa shape index (κ2) is 5.35. The van der Waals surface area contributed by atoms with Crippen molar-refractivity contribution in [1.82, 2.24) is 0 Å². The average Bonchev–Trinajstić information content (AvgIpc) is 2.34. The quantitative estimate of drug-likeness (QED) is 0.917. The predicted octanol–water partition coefficient (Wildman–Crippen LogP) is 3.26. The Morgan fingerprint density at radius 1 is 1.50 bits per heavy atom. The minimum atomic E-state index is -0.799. The molecule has 0 spiro atoms. The van der Waals surface area contributed by atoms with Gasteiger partial charge < -0.3 is 14.7 Å². The van der Waals surface area contributed by atoms with Crippen molar-refractivity contribution < 1.29 is 14.6 Å². The normalized spacial score (nSPS) is 20.4. The molecule has 1 aliphatic rings. The van der Waals surface area contributed by atoms with Crippen LogP contribution in [0, 0.1) is 0 Å². The molecule has 1 heterocycles. The zero-order chi connectivity index (χ0) is 14.9. The monoisotopic (exact) mass is 277 g/mol. The van der Waals surface area contributed by atoms with E-state index in [1.165, 1.54) is 5.56 Å². The Balaban J connectivity index is 2.45. The number of fused-ring (bicyclic) bond motifs is 1. The van der Waals surface area contributed by atoms with E-state index in [0.717, 1.165) is 17.9 Å². The van der Waals surface area contributed by atoms with Gasteiger partial charge in [0.25, 0.3) is 0 Å². The molecule has 4 nitrogen and oxygen atoms in total. The first kappa shape index (κ1) is 14.7. The second-order valence-electron chi connectivity index (χ2n) is 6.05. The highest BCUT2D eigenvalue weighted by molar-refractivity contribution is 5.76. The minimum absolute atomic E-state index is 0.0285. The average molecular weight is 277 g/mol. The van der Waals surface area contributed by atoms with E-state index in [-0.39, 0.29) is 12.1 Å². The third-order valence-corrected chi connectivity index (χ3v) is 3.96. The Morgan fingerprint density at radius 3 is 2.80 bits per heavy atom. The summed E-state index contributed by atoms with van der Waals surface area (Å²) < 4.78 is 5.55. The summed E-state index contributed by atoms with van der Waals surface area (Å²) in [4.78, 5) is 13.1. The molecule has 2 rings (SSSR count). The highest BCUT2D eigenvalue weighted by atomic mass is 16.5. The molecule has 0 unspecified atom stereocenters. The van der Waals surface area contributed by atoms with Crippen molar-refractivity contribution in [2.75, 3.05) is 18.1 Å². The van der Waals surface area contributed by atoms with Gasteiger partial charge in [0.05, 0.1) is 6.61 Å². The summed E-state index contributed by atoms with van der Waals surface area (Å²) in [5.74, 6) is 0.450. The van der Waals surface area contributed by atoms with Crippen molar-refractivity contribution >= 4 is 11.7 Å². The number of rotatable bonds is 4. The Labute approximate surface area is 120 Å². The van der Waals surface area contributed by atoms with Crippen molar-refractivity contribution in [3.05, 3.63) is 23.8 Å². The maximum atomic E-state index is 11.1. The molecule has 20 heavy (non-hydrogen) atoms. The summed E-state index contributed by atoms with van der Waals surface area (Å²) in [6.45, 7) is 9.02. The van der Waals surface area contributed by atoms with Gasteiger partial charge in [-0.1, -0.05) is 6.92 Å². The minimum Gasteiger partial charge on any atom is -0.494 e. The molecule has 0 bridgehead atoms. The Hall–Kier alpha value is -1.71. The van der Waals surface area contributed by atoms with Gasteiger partial charge in [0.2, 0.25) is 0 Å². The highest BCUT2D eigenvalue weighted by Gasteiger charge is 2.37. The number of hydrogen-bond acceptors (Lipinski definition) is 3. The van der Waals surface area contributed by atoms with Crippen molar-refractivity contribution in [2.45, 2.75) is 45.6 Å². The summed E-state index contributed by atoms with van der Waals surface area (Å²) in [7, 11) is 0. The van der Waals surface area contributed by atoms with E-state index in [2.05, 4.69) is 20.8 Å². The molecule has 0 radical (unpaired) electrons. The van der Waals surface area contributed by atoms with Crippen molar-refractivity contribution in [3.8, 4) is 5.75 Å².